The van der Waals surface area contributed by atoms with Gasteiger partial charge < -0.3 is 9.47 Å². The van der Waals surface area contributed by atoms with Crippen molar-refractivity contribution in [2.24, 2.45) is 17.8 Å². The Kier molecular flexibility index (Phi) is 2.64. The summed E-state index contributed by atoms with van der Waals surface area (Å²) in [4.78, 5) is 11.6. The smallest absolute Gasteiger partial charge is 0.430 e. The molecule has 3 nitrogen and oxygen atoms in total. The number of ether oxygens (including phenoxy) is 2. The molecule has 4 aliphatic rings. The zero-order valence-electron chi connectivity index (χ0n) is 10.2. The molecule has 0 N–H and O–H groups in total. The van der Waals surface area contributed by atoms with E-state index >= 15 is 0 Å². The summed E-state index contributed by atoms with van der Waals surface area (Å²) in [6.45, 7) is 3.77. The fourth-order valence-electron chi connectivity index (χ4n) is 4.49. The monoisotopic (exact) mass is 236 g/mol. The summed E-state index contributed by atoms with van der Waals surface area (Å²) in [5, 5.41) is 0. The highest BCUT2D eigenvalue weighted by Crippen LogP contribution is 2.57. The molecule has 94 valence electrons. The molecule has 0 aliphatic heterocycles. The summed E-state index contributed by atoms with van der Waals surface area (Å²) in [5.41, 5.74) is -0.187. The third-order valence-electron chi connectivity index (χ3n) is 4.60. The maximum Gasteiger partial charge on any atom is 0.509 e. The van der Waals surface area contributed by atoms with E-state index in [-0.39, 0.29) is 12.2 Å². The molecule has 0 unspecified atom stereocenters. The quantitative estimate of drug-likeness (QED) is 0.557. The van der Waals surface area contributed by atoms with Gasteiger partial charge in [-0.05, 0) is 56.3 Å². The molecule has 0 atom stereocenters. The molecular formula is C14H20O3. The second-order valence-electron chi connectivity index (χ2n) is 6.05. The van der Waals surface area contributed by atoms with Crippen LogP contribution in [0.2, 0.25) is 0 Å². The third-order valence-corrected chi connectivity index (χ3v) is 4.60. The Morgan fingerprint density at radius 1 is 1.18 bits per heavy atom. The normalized spacial score (nSPS) is 42.2. The van der Waals surface area contributed by atoms with Crippen molar-refractivity contribution in [2.75, 3.05) is 6.61 Å². The molecule has 0 aromatic heterocycles. The van der Waals surface area contributed by atoms with Gasteiger partial charge in [0.05, 0.1) is 0 Å². The van der Waals surface area contributed by atoms with Gasteiger partial charge in [-0.3, -0.25) is 0 Å². The molecule has 0 aromatic rings. The Labute approximate surface area is 102 Å². The topological polar surface area (TPSA) is 35.5 Å². The molecule has 0 spiro atoms. The molecular weight excluding hydrogens is 216 g/mol. The van der Waals surface area contributed by atoms with Crippen LogP contribution in [0.15, 0.2) is 12.7 Å². The second kappa shape index (κ2) is 4.04. The Bertz CT molecular complexity index is 299. The second-order valence-corrected chi connectivity index (χ2v) is 6.05. The van der Waals surface area contributed by atoms with E-state index in [0.717, 1.165) is 37.0 Å². The van der Waals surface area contributed by atoms with Crippen molar-refractivity contribution >= 4 is 6.16 Å². The van der Waals surface area contributed by atoms with Gasteiger partial charge in [-0.2, -0.15) is 0 Å². The first kappa shape index (κ1) is 11.1. The molecule has 0 saturated heterocycles. The Balaban J connectivity index is 1.65. The molecule has 4 aliphatic carbocycles. The number of carbonyl (C=O) groups excluding carboxylic acids is 1. The van der Waals surface area contributed by atoms with E-state index in [0.29, 0.717) is 0 Å². The van der Waals surface area contributed by atoms with Crippen molar-refractivity contribution in [2.45, 2.75) is 44.1 Å². The van der Waals surface area contributed by atoms with Crippen molar-refractivity contribution in [1.82, 2.24) is 0 Å². The summed E-state index contributed by atoms with van der Waals surface area (Å²) in [6, 6.07) is 0. The van der Waals surface area contributed by atoms with Crippen LogP contribution < -0.4 is 0 Å². The lowest BCUT2D eigenvalue weighted by Gasteiger charge is -2.55. The van der Waals surface area contributed by atoms with Gasteiger partial charge in [-0.15, -0.1) is 0 Å². The predicted molar refractivity (Wildman–Crippen MR) is 63.5 cm³/mol. The van der Waals surface area contributed by atoms with Gasteiger partial charge in [0.25, 0.3) is 0 Å². The van der Waals surface area contributed by atoms with Crippen molar-refractivity contribution in [3.05, 3.63) is 12.7 Å². The van der Waals surface area contributed by atoms with Crippen LogP contribution in [0.4, 0.5) is 4.79 Å². The van der Waals surface area contributed by atoms with Gasteiger partial charge in [0.2, 0.25) is 0 Å². The van der Waals surface area contributed by atoms with E-state index in [1.54, 1.807) is 6.08 Å². The van der Waals surface area contributed by atoms with E-state index < -0.39 is 6.16 Å². The molecule has 4 saturated carbocycles. The Morgan fingerprint density at radius 2 is 1.71 bits per heavy atom. The molecule has 17 heavy (non-hydrogen) atoms. The summed E-state index contributed by atoms with van der Waals surface area (Å²) in [6.07, 6.45) is 8.29. The van der Waals surface area contributed by atoms with Crippen LogP contribution in [0.3, 0.4) is 0 Å². The summed E-state index contributed by atoms with van der Waals surface area (Å²) in [7, 11) is 0. The lowest BCUT2D eigenvalue weighted by Crippen LogP contribution is -2.52. The summed E-state index contributed by atoms with van der Waals surface area (Å²) < 4.78 is 10.6. The number of hydrogen-bond donors (Lipinski definition) is 0. The van der Waals surface area contributed by atoms with Crippen LogP contribution in [0, 0.1) is 17.8 Å². The van der Waals surface area contributed by atoms with Crippen LogP contribution in [0.1, 0.15) is 38.5 Å². The van der Waals surface area contributed by atoms with Gasteiger partial charge in [0, 0.05) is 0 Å². The van der Waals surface area contributed by atoms with Gasteiger partial charge in [0.1, 0.15) is 12.2 Å². The van der Waals surface area contributed by atoms with Crippen LogP contribution in [0.5, 0.6) is 0 Å². The molecule has 4 bridgehead atoms. The van der Waals surface area contributed by atoms with Crippen LogP contribution >= 0.6 is 0 Å². The number of carbonyl (C=O) groups is 1. The van der Waals surface area contributed by atoms with E-state index in [4.69, 9.17) is 9.47 Å². The molecule has 3 heteroatoms. The van der Waals surface area contributed by atoms with E-state index in [1.165, 1.54) is 19.3 Å². The molecule has 0 aromatic carbocycles. The van der Waals surface area contributed by atoms with Crippen molar-refractivity contribution < 1.29 is 14.3 Å². The average Bonchev–Trinajstić information content (AvgIpc) is 2.23. The van der Waals surface area contributed by atoms with Crippen molar-refractivity contribution in [3.8, 4) is 0 Å². The first-order chi connectivity index (χ1) is 8.19. The predicted octanol–water partition coefficient (Wildman–Crippen LogP) is 3.29. The minimum atomic E-state index is -0.508. The van der Waals surface area contributed by atoms with Gasteiger partial charge >= 0.3 is 6.16 Å². The minimum Gasteiger partial charge on any atom is -0.430 e. The SMILES string of the molecule is C=CCOC(=O)OC12CC3CC(CC(C3)C1)C2. The zero-order valence-corrected chi connectivity index (χ0v) is 10.2. The number of rotatable bonds is 3. The fourth-order valence-corrected chi connectivity index (χ4v) is 4.49. The Morgan fingerprint density at radius 3 is 2.18 bits per heavy atom. The molecule has 0 radical (unpaired) electrons. The fraction of sp³-hybridized carbons (Fsp3) is 0.786. The maximum absolute atomic E-state index is 11.6. The summed E-state index contributed by atoms with van der Waals surface area (Å²) >= 11 is 0. The lowest BCUT2D eigenvalue weighted by atomic mass is 9.54. The zero-order chi connectivity index (χ0) is 11.9. The minimum absolute atomic E-state index is 0.187. The van der Waals surface area contributed by atoms with Crippen LogP contribution in [-0.4, -0.2) is 18.4 Å². The van der Waals surface area contributed by atoms with Crippen molar-refractivity contribution in [3.63, 3.8) is 0 Å². The highest BCUT2D eigenvalue weighted by atomic mass is 16.7. The van der Waals surface area contributed by atoms with Gasteiger partial charge in [0.15, 0.2) is 0 Å². The van der Waals surface area contributed by atoms with E-state index in [1.807, 2.05) is 0 Å². The Hall–Kier alpha value is -0.990. The van der Waals surface area contributed by atoms with Crippen molar-refractivity contribution in [1.29, 1.82) is 0 Å². The first-order valence-electron chi connectivity index (χ1n) is 6.66. The third kappa shape index (κ3) is 2.07. The number of hydrogen-bond acceptors (Lipinski definition) is 3. The standard InChI is InChI=1S/C14H20O3/c1-2-3-16-13(15)17-14-7-10-4-11(8-14)6-12(5-10)9-14/h2,10-12H,1,3-9H2. The molecule has 4 fully saturated rings. The largest absolute Gasteiger partial charge is 0.509 e. The first-order valence-corrected chi connectivity index (χ1v) is 6.66. The molecule has 0 heterocycles. The van der Waals surface area contributed by atoms with Crippen LogP contribution in [-0.2, 0) is 9.47 Å². The maximum atomic E-state index is 11.6. The molecule has 4 rings (SSSR count). The highest BCUT2D eigenvalue weighted by Gasteiger charge is 2.53. The highest BCUT2D eigenvalue weighted by molar-refractivity contribution is 5.60. The van der Waals surface area contributed by atoms with Crippen LogP contribution in [0.25, 0.3) is 0 Å². The molecule has 0 amide bonds. The van der Waals surface area contributed by atoms with E-state index in [2.05, 4.69) is 6.58 Å². The average molecular weight is 236 g/mol. The summed E-state index contributed by atoms with van der Waals surface area (Å²) in [5.74, 6) is 2.36. The van der Waals surface area contributed by atoms with E-state index in [9.17, 15) is 4.79 Å². The lowest BCUT2D eigenvalue weighted by molar-refractivity contribution is -0.141. The van der Waals surface area contributed by atoms with Gasteiger partial charge in [-0.25, -0.2) is 4.79 Å². The van der Waals surface area contributed by atoms with Gasteiger partial charge in [-0.1, -0.05) is 12.7 Å².